The number of hydrogen-bond donors (Lipinski definition) is 2. The largest absolute Gasteiger partial charge is 0.416 e. The third-order valence-corrected chi connectivity index (χ3v) is 1.62. The molecule has 0 aromatic heterocycles. The van der Waals surface area contributed by atoms with Crippen LogP contribution >= 0.6 is 0 Å². The van der Waals surface area contributed by atoms with E-state index in [0.29, 0.717) is 0 Å². The summed E-state index contributed by atoms with van der Waals surface area (Å²) in [4.78, 5) is 10.5. The number of carbonyl (C=O) groups excluding carboxylic acids is 1. The predicted octanol–water partition coefficient (Wildman–Crippen LogP) is 1.43. The fourth-order valence-electron chi connectivity index (χ4n) is 1.01. The molecule has 1 amide bonds. The van der Waals surface area contributed by atoms with Crippen molar-refractivity contribution in [3.05, 3.63) is 23.4 Å². The van der Waals surface area contributed by atoms with Crippen molar-refractivity contribution in [3.8, 4) is 12.5 Å². The zero-order valence-electron chi connectivity index (χ0n) is 8.56. The van der Waals surface area contributed by atoms with Crippen LogP contribution in [0.5, 0.6) is 0 Å². The van der Waals surface area contributed by atoms with Gasteiger partial charge >= 0.3 is 6.18 Å². The normalized spacial score (nSPS) is 13.2. The molecule has 0 spiro atoms. The first-order valence-electron chi connectivity index (χ1n) is 4.22. The van der Waals surface area contributed by atoms with E-state index in [0.717, 1.165) is 12.3 Å². The van der Waals surface area contributed by atoms with E-state index >= 15 is 0 Å². The van der Waals surface area contributed by atoms with Gasteiger partial charge in [0.2, 0.25) is 5.91 Å². The zero-order valence-corrected chi connectivity index (χ0v) is 8.56. The lowest BCUT2D eigenvalue weighted by molar-refractivity contribution is -0.117. The Kier molecular flexibility index (Phi) is 5.16. The van der Waals surface area contributed by atoms with Crippen molar-refractivity contribution in [2.75, 3.05) is 0 Å². The second kappa shape index (κ2) is 5.85. The molecular weight excluding hydrogens is 221 g/mol. The molecule has 0 aromatic rings. The first-order chi connectivity index (χ1) is 7.29. The van der Waals surface area contributed by atoms with E-state index in [9.17, 15) is 18.0 Å². The highest BCUT2D eigenvalue weighted by Crippen LogP contribution is 2.30. The van der Waals surface area contributed by atoms with Crippen LogP contribution in [0.15, 0.2) is 23.4 Å². The van der Waals surface area contributed by atoms with Crippen molar-refractivity contribution in [1.29, 1.82) is 0 Å². The lowest BCUT2D eigenvalue weighted by Gasteiger charge is -2.11. The van der Waals surface area contributed by atoms with Crippen LogP contribution in [0.3, 0.4) is 0 Å². The summed E-state index contributed by atoms with van der Waals surface area (Å²) >= 11 is 0. The van der Waals surface area contributed by atoms with Crippen molar-refractivity contribution in [3.63, 3.8) is 0 Å². The summed E-state index contributed by atoms with van der Waals surface area (Å²) in [6.07, 6.45) is 1.53. The minimum atomic E-state index is -4.55. The van der Waals surface area contributed by atoms with Crippen LogP contribution in [0.4, 0.5) is 13.2 Å². The Balaban J connectivity index is 5.09. The van der Waals surface area contributed by atoms with E-state index in [1.165, 1.54) is 6.92 Å². The molecule has 0 unspecified atom stereocenters. The molecule has 0 rings (SSSR count). The highest BCUT2D eigenvalue weighted by atomic mass is 19.4. The molecule has 0 fully saturated rings. The van der Waals surface area contributed by atoms with Crippen LogP contribution in [0, 0.1) is 12.5 Å². The maximum absolute atomic E-state index is 12.5. The van der Waals surface area contributed by atoms with Gasteiger partial charge in [-0.3, -0.25) is 4.79 Å². The molecule has 16 heavy (non-hydrogen) atoms. The Morgan fingerprint density at radius 1 is 1.56 bits per heavy atom. The number of carbonyl (C=O) groups is 1. The molecule has 0 aliphatic heterocycles. The fraction of sp³-hybridized carbons (Fsp3) is 0.300. The molecule has 0 aliphatic carbocycles. The number of hydrogen-bond acceptors (Lipinski definition) is 2. The number of halogens is 3. The van der Waals surface area contributed by atoms with Gasteiger partial charge in [-0.25, -0.2) is 0 Å². The molecule has 0 heterocycles. The van der Waals surface area contributed by atoms with Crippen molar-refractivity contribution in [2.45, 2.75) is 19.5 Å². The summed E-state index contributed by atoms with van der Waals surface area (Å²) in [5.74, 6) is -0.822. The number of nitrogens with one attached hydrogen (secondary N) is 1. The van der Waals surface area contributed by atoms with E-state index in [4.69, 9.17) is 12.2 Å². The Morgan fingerprint density at radius 3 is 2.50 bits per heavy atom. The van der Waals surface area contributed by atoms with Crippen molar-refractivity contribution in [2.24, 2.45) is 5.73 Å². The minimum absolute atomic E-state index is 0.157. The van der Waals surface area contributed by atoms with Crippen LogP contribution in [-0.4, -0.2) is 12.1 Å². The maximum Gasteiger partial charge on any atom is 0.416 e. The zero-order chi connectivity index (χ0) is 12.8. The highest BCUT2D eigenvalue weighted by Gasteiger charge is 2.33. The third-order valence-electron chi connectivity index (χ3n) is 1.62. The average Bonchev–Trinajstić information content (AvgIpc) is 2.08. The van der Waals surface area contributed by atoms with Crippen molar-refractivity contribution < 1.29 is 18.0 Å². The number of amides is 1. The van der Waals surface area contributed by atoms with Crippen LogP contribution in [0.1, 0.15) is 13.3 Å². The molecule has 3 N–H and O–H groups in total. The number of alkyl halides is 3. The number of allylic oxidation sites excluding steroid dienone is 2. The van der Waals surface area contributed by atoms with E-state index < -0.39 is 24.1 Å². The average molecular weight is 232 g/mol. The maximum atomic E-state index is 12.5. The predicted molar refractivity (Wildman–Crippen MR) is 53.7 cm³/mol. The van der Waals surface area contributed by atoms with Crippen molar-refractivity contribution >= 4 is 5.91 Å². The Bertz CT molecular complexity index is 361. The molecule has 88 valence electrons. The quantitative estimate of drug-likeness (QED) is 0.437. The van der Waals surface area contributed by atoms with Gasteiger partial charge in [0.1, 0.15) is 0 Å². The number of terminal acetylenes is 1. The molecule has 3 nitrogen and oxygen atoms in total. The van der Waals surface area contributed by atoms with Crippen LogP contribution in [0.2, 0.25) is 0 Å². The molecule has 0 atom stereocenters. The Labute approximate surface area is 91.2 Å². The number of primary amides is 1. The van der Waals surface area contributed by atoms with Crippen LogP contribution < -0.4 is 11.1 Å². The van der Waals surface area contributed by atoms with E-state index in [-0.39, 0.29) is 5.57 Å². The summed E-state index contributed by atoms with van der Waals surface area (Å²) in [7, 11) is 0. The Morgan fingerprint density at radius 2 is 2.12 bits per heavy atom. The standard InChI is InChI=1S/C10H11F3N2O/c1-3-15-5-4-8(10(11,12)13)7(2)6-9(14)16/h1,4-5,15H,6H2,2H3,(H2,14,16)/b5-4-,8-7+. The van der Waals surface area contributed by atoms with Gasteiger partial charge < -0.3 is 11.1 Å². The van der Waals surface area contributed by atoms with Gasteiger partial charge in [-0.15, -0.1) is 0 Å². The van der Waals surface area contributed by atoms with Crippen molar-refractivity contribution in [1.82, 2.24) is 5.32 Å². The lowest BCUT2D eigenvalue weighted by atomic mass is 10.1. The van der Waals surface area contributed by atoms with Gasteiger partial charge in [0.15, 0.2) is 0 Å². The first-order valence-corrected chi connectivity index (χ1v) is 4.22. The minimum Gasteiger partial charge on any atom is -0.369 e. The van der Waals surface area contributed by atoms with Gasteiger partial charge in [-0.2, -0.15) is 13.2 Å². The lowest BCUT2D eigenvalue weighted by Crippen LogP contribution is -2.17. The molecule has 0 saturated heterocycles. The van der Waals surface area contributed by atoms with Gasteiger partial charge in [-0.1, -0.05) is 12.0 Å². The van der Waals surface area contributed by atoms with Gasteiger partial charge in [0.05, 0.1) is 5.57 Å². The van der Waals surface area contributed by atoms with E-state index in [2.05, 4.69) is 5.32 Å². The first kappa shape index (κ1) is 14.1. The molecular formula is C10H11F3N2O. The molecule has 0 aromatic carbocycles. The Hall–Kier alpha value is -1.90. The van der Waals surface area contributed by atoms with E-state index in [1.54, 1.807) is 0 Å². The summed E-state index contributed by atoms with van der Waals surface area (Å²) in [5.41, 5.74) is 3.72. The van der Waals surface area contributed by atoms with Gasteiger partial charge in [0.25, 0.3) is 0 Å². The molecule has 0 saturated carbocycles. The summed E-state index contributed by atoms with van der Waals surface area (Å²) in [5, 5.41) is 2.16. The van der Waals surface area contributed by atoms with Crippen LogP contribution in [0.25, 0.3) is 0 Å². The van der Waals surface area contributed by atoms with Gasteiger partial charge in [0, 0.05) is 18.7 Å². The number of nitrogens with two attached hydrogens (primary N) is 1. The second-order valence-electron chi connectivity index (χ2n) is 2.96. The molecule has 0 bridgehead atoms. The topological polar surface area (TPSA) is 55.1 Å². The third kappa shape index (κ3) is 5.10. The number of rotatable bonds is 4. The monoisotopic (exact) mass is 232 g/mol. The second-order valence-corrected chi connectivity index (χ2v) is 2.96. The van der Waals surface area contributed by atoms with Crippen LogP contribution in [-0.2, 0) is 4.79 Å². The summed E-state index contributed by atoms with van der Waals surface area (Å²) in [6, 6.07) is 1.94. The van der Waals surface area contributed by atoms with E-state index in [1.807, 2.05) is 6.04 Å². The molecule has 6 heteroatoms. The smallest absolute Gasteiger partial charge is 0.369 e. The fourth-order valence-corrected chi connectivity index (χ4v) is 1.01. The molecule has 0 aliphatic rings. The SMILES string of the molecule is C#CN/C=C\C(=C(\C)CC(N)=O)C(F)(F)F. The summed E-state index contributed by atoms with van der Waals surface area (Å²) in [6.45, 7) is 1.19. The highest BCUT2D eigenvalue weighted by molar-refractivity contribution is 5.76. The summed E-state index contributed by atoms with van der Waals surface area (Å²) < 4.78 is 37.5. The van der Waals surface area contributed by atoms with Gasteiger partial charge in [-0.05, 0) is 13.0 Å². The molecule has 0 radical (unpaired) electrons.